The number of benzene rings is 1. The molecular weight excluding hydrogens is 316 g/mol. The summed E-state index contributed by atoms with van der Waals surface area (Å²) in [6, 6.07) is 8.01. The molecule has 1 amide bonds. The van der Waals surface area contributed by atoms with Crippen LogP contribution in [0.15, 0.2) is 30.5 Å². The maximum Gasteiger partial charge on any atom is 0.410 e. The van der Waals surface area contributed by atoms with E-state index in [1.807, 2.05) is 45.0 Å². The number of anilines is 2. The van der Waals surface area contributed by atoms with Gasteiger partial charge in [-0.05, 0) is 33.3 Å². The lowest BCUT2D eigenvalue weighted by Crippen LogP contribution is -2.39. The highest BCUT2D eigenvalue weighted by Gasteiger charge is 2.25. The van der Waals surface area contributed by atoms with Crippen LogP contribution in [0.2, 0.25) is 0 Å². The van der Waals surface area contributed by atoms with Crippen LogP contribution in [0.4, 0.5) is 16.2 Å². The van der Waals surface area contributed by atoms with E-state index in [1.165, 1.54) is 0 Å². The molecule has 2 aromatic rings. The molecule has 6 heteroatoms. The Morgan fingerprint density at radius 1 is 1.16 bits per heavy atom. The summed E-state index contributed by atoms with van der Waals surface area (Å²) in [7, 11) is 0. The maximum atomic E-state index is 12.3. The van der Waals surface area contributed by atoms with Crippen LogP contribution in [0.1, 0.15) is 27.2 Å². The number of hydrogen-bond donors (Lipinski definition) is 1. The van der Waals surface area contributed by atoms with Gasteiger partial charge in [-0.2, -0.15) is 0 Å². The fraction of sp³-hybridized carbons (Fsp3) is 0.474. The van der Waals surface area contributed by atoms with Gasteiger partial charge in [0.15, 0.2) is 0 Å². The summed E-state index contributed by atoms with van der Waals surface area (Å²) in [6.07, 6.45) is 2.34. The minimum atomic E-state index is -0.477. The third-order valence-electron chi connectivity index (χ3n) is 4.24. The molecule has 6 nitrogen and oxygen atoms in total. The molecule has 1 aliphatic rings. The molecule has 0 saturated carbocycles. The lowest BCUT2D eigenvalue weighted by molar-refractivity contribution is 0.0263. The molecule has 1 aromatic heterocycles. The molecule has 25 heavy (non-hydrogen) atoms. The number of carbonyl (C=O) groups is 1. The van der Waals surface area contributed by atoms with E-state index in [0.717, 1.165) is 36.1 Å². The Morgan fingerprint density at radius 2 is 1.92 bits per heavy atom. The van der Waals surface area contributed by atoms with Crippen LogP contribution < -0.4 is 10.6 Å². The second kappa shape index (κ2) is 6.78. The standard InChI is InChI=1S/C19H26N4O2/c1-19(2,3)25-18(24)23-10-6-9-22(11-12-23)17-14-7-4-5-8-16(14)21-13-15(17)20/h4-5,7-8,13H,6,9-12,20H2,1-3H3. The molecule has 1 aromatic carbocycles. The van der Waals surface area contributed by atoms with Crippen molar-refractivity contribution in [3.8, 4) is 0 Å². The Bertz CT molecular complexity index is 770. The zero-order chi connectivity index (χ0) is 18.0. The largest absolute Gasteiger partial charge is 0.444 e. The molecule has 1 saturated heterocycles. The fourth-order valence-corrected chi connectivity index (χ4v) is 3.15. The summed E-state index contributed by atoms with van der Waals surface area (Å²) in [5, 5.41) is 1.05. The van der Waals surface area contributed by atoms with Gasteiger partial charge in [-0.15, -0.1) is 0 Å². The van der Waals surface area contributed by atoms with Crippen molar-refractivity contribution < 1.29 is 9.53 Å². The Labute approximate surface area is 148 Å². The molecule has 3 rings (SSSR count). The second-order valence-electron chi connectivity index (χ2n) is 7.39. The highest BCUT2D eigenvalue weighted by molar-refractivity contribution is 5.97. The average molecular weight is 342 g/mol. The zero-order valence-electron chi connectivity index (χ0n) is 15.2. The Morgan fingerprint density at radius 3 is 2.68 bits per heavy atom. The highest BCUT2D eigenvalue weighted by Crippen LogP contribution is 2.32. The van der Waals surface area contributed by atoms with Crippen LogP contribution in [0, 0.1) is 0 Å². The smallest absolute Gasteiger partial charge is 0.410 e. The summed E-state index contributed by atoms with van der Waals surface area (Å²) in [5.41, 5.74) is 8.37. The first-order valence-electron chi connectivity index (χ1n) is 8.71. The summed E-state index contributed by atoms with van der Waals surface area (Å²) in [4.78, 5) is 20.8. The van der Waals surface area contributed by atoms with Crippen molar-refractivity contribution in [2.45, 2.75) is 32.8 Å². The number of nitrogen functional groups attached to an aromatic ring is 1. The minimum Gasteiger partial charge on any atom is -0.444 e. The normalized spacial score (nSPS) is 16.0. The van der Waals surface area contributed by atoms with Gasteiger partial charge in [-0.25, -0.2) is 4.79 Å². The Hall–Kier alpha value is -2.50. The predicted molar refractivity (Wildman–Crippen MR) is 101 cm³/mol. The van der Waals surface area contributed by atoms with E-state index in [-0.39, 0.29) is 6.09 Å². The van der Waals surface area contributed by atoms with Crippen molar-refractivity contribution >= 4 is 28.4 Å². The predicted octanol–water partition coefficient (Wildman–Crippen LogP) is 3.26. The van der Waals surface area contributed by atoms with E-state index in [2.05, 4.69) is 9.88 Å². The van der Waals surface area contributed by atoms with E-state index in [9.17, 15) is 4.79 Å². The summed E-state index contributed by atoms with van der Waals surface area (Å²) >= 11 is 0. The minimum absolute atomic E-state index is 0.248. The lowest BCUT2D eigenvalue weighted by Gasteiger charge is -2.27. The van der Waals surface area contributed by atoms with Crippen molar-refractivity contribution in [2.75, 3.05) is 36.8 Å². The van der Waals surface area contributed by atoms with Crippen molar-refractivity contribution in [3.05, 3.63) is 30.5 Å². The van der Waals surface area contributed by atoms with Gasteiger partial charge in [0.25, 0.3) is 0 Å². The van der Waals surface area contributed by atoms with Gasteiger partial charge in [0.05, 0.1) is 23.1 Å². The lowest BCUT2D eigenvalue weighted by atomic mass is 10.1. The monoisotopic (exact) mass is 342 g/mol. The molecular formula is C19H26N4O2. The number of para-hydroxylation sites is 1. The first kappa shape index (κ1) is 17.3. The van der Waals surface area contributed by atoms with Crippen LogP contribution in [0.25, 0.3) is 10.9 Å². The molecule has 0 unspecified atom stereocenters. The molecule has 1 fully saturated rings. The number of carbonyl (C=O) groups excluding carboxylic acids is 1. The molecule has 2 heterocycles. The van der Waals surface area contributed by atoms with Crippen LogP contribution in [0.3, 0.4) is 0 Å². The van der Waals surface area contributed by atoms with Crippen molar-refractivity contribution in [1.29, 1.82) is 0 Å². The zero-order valence-corrected chi connectivity index (χ0v) is 15.2. The van der Waals surface area contributed by atoms with Crippen LogP contribution >= 0.6 is 0 Å². The van der Waals surface area contributed by atoms with Gasteiger partial charge in [-0.1, -0.05) is 18.2 Å². The van der Waals surface area contributed by atoms with Crippen LogP contribution in [-0.4, -0.2) is 47.8 Å². The quantitative estimate of drug-likeness (QED) is 0.861. The fourth-order valence-electron chi connectivity index (χ4n) is 3.15. The molecule has 0 spiro atoms. The van der Waals surface area contributed by atoms with E-state index in [1.54, 1.807) is 11.1 Å². The van der Waals surface area contributed by atoms with Crippen LogP contribution in [-0.2, 0) is 4.74 Å². The van der Waals surface area contributed by atoms with E-state index < -0.39 is 5.60 Å². The first-order valence-corrected chi connectivity index (χ1v) is 8.71. The number of hydrogen-bond acceptors (Lipinski definition) is 5. The van der Waals surface area contributed by atoms with Gasteiger partial charge in [0.2, 0.25) is 0 Å². The summed E-state index contributed by atoms with van der Waals surface area (Å²) in [6.45, 7) is 8.53. The third-order valence-corrected chi connectivity index (χ3v) is 4.24. The summed E-state index contributed by atoms with van der Waals surface area (Å²) in [5.74, 6) is 0. The topological polar surface area (TPSA) is 71.7 Å². The van der Waals surface area contributed by atoms with Crippen molar-refractivity contribution in [3.63, 3.8) is 0 Å². The first-order chi connectivity index (χ1) is 11.8. The highest BCUT2D eigenvalue weighted by atomic mass is 16.6. The molecule has 134 valence electrons. The molecule has 0 bridgehead atoms. The molecule has 1 aliphatic heterocycles. The number of amides is 1. The number of pyridine rings is 1. The van der Waals surface area contributed by atoms with Crippen LogP contribution in [0.5, 0.6) is 0 Å². The van der Waals surface area contributed by atoms with Crippen molar-refractivity contribution in [2.24, 2.45) is 0 Å². The average Bonchev–Trinajstić information content (AvgIpc) is 2.79. The van der Waals surface area contributed by atoms with Gasteiger partial charge >= 0.3 is 6.09 Å². The van der Waals surface area contributed by atoms with Crippen molar-refractivity contribution in [1.82, 2.24) is 9.88 Å². The molecule has 0 radical (unpaired) electrons. The van der Waals surface area contributed by atoms with Gasteiger partial charge in [-0.3, -0.25) is 4.98 Å². The van der Waals surface area contributed by atoms with E-state index >= 15 is 0 Å². The number of rotatable bonds is 1. The van der Waals surface area contributed by atoms with Gasteiger partial charge < -0.3 is 20.3 Å². The van der Waals surface area contributed by atoms with Gasteiger partial charge in [0, 0.05) is 31.6 Å². The molecule has 2 N–H and O–H groups in total. The van der Waals surface area contributed by atoms with Gasteiger partial charge in [0.1, 0.15) is 5.60 Å². The number of nitrogens with zero attached hydrogens (tertiary/aromatic N) is 3. The summed E-state index contributed by atoms with van der Waals surface area (Å²) < 4.78 is 5.50. The van der Waals surface area contributed by atoms with E-state index in [0.29, 0.717) is 18.8 Å². The SMILES string of the molecule is CC(C)(C)OC(=O)N1CCCN(c2c(N)cnc3ccccc23)CC1. The molecule has 0 aliphatic carbocycles. The van der Waals surface area contributed by atoms with E-state index in [4.69, 9.17) is 10.5 Å². The number of fused-ring (bicyclic) bond motifs is 1. The number of aromatic nitrogens is 1. The maximum absolute atomic E-state index is 12.3. The second-order valence-corrected chi connectivity index (χ2v) is 7.39. The number of ether oxygens (including phenoxy) is 1. The Balaban J connectivity index is 1.80. The Kier molecular flexibility index (Phi) is 4.70. The molecule has 0 atom stereocenters. The number of nitrogens with two attached hydrogens (primary N) is 1. The third kappa shape index (κ3) is 3.95.